The Balaban J connectivity index is 1.42. The molecule has 0 atom stereocenters. The van der Waals surface area contributed by atoms with Gasteiger partial charge in [0.05, 0.1) is 11.1 Å². The molecular weight excluding hydrogens is 383 g/mol. The van der Waals surface area contributed by atoms with Crippen LogP contribution in [0.15, 0.2) is 12.1 Å². The van der Waals surface area contributed by atoms with Crippen LogP contribution < -0.4 is 0 Å². The Morgan fingerprint density at radius 3 is 2.14 bits per heavy atom. The molecule has 3 rings (SSSR count). The molecule has 0 spiro atoms. The fourth-order valence-corrected chi connectivity index (χ4v) is 5.93. The molecule has 2 saturated carbocycles. The number of aryl methyl sites for hydroxylation is 2. The number of halogens is 2. The molecule has 0 amide bonds. The summed E-state index contributed by atoms with van der Waals surface area (Å²) in [5, 5.41) is 0.373. The van der Waals surface area contributed by atoms with Gasteiger partial charge < -0.3 is 4.74 Å². The average molecular weight is 423 g/mol. The lowest BCUT2D eigenvalue weighted by Crippen LogP contribution is -2.28. The molecule has 1 aromatic carbocycles. The molecule has 0 bridgehead atoms. The maximum absolute atomic E-state index is 14.5. The monoisotopic (exact) mass is 422 g/mol. The summed E-state index contributed by atoms with van der Waals surface area (Å²) < 4.78 is 20.4. The van der Waals surface area contributed by atoms with Crippen LogP contribution in [0.4, 0.5) is 4.39 Å². The first-order chi connectivity index (χ1) is 14.1. The van der Waals surface area contributed by atoms with Crippen molar-refractivity contribution in [2.24, 2.45) is 17.8 Å². The van der Waals surface area contributed by atoms with Crippen LogP contribution in [-0.2, 0) is 17.6 Å². The minimum atomic E-state index is -0.177. The van der Waals surface area contributed by atoms with Gasteiger partial charge in [0.2, 0.25) is 0 Å². The lowest BCUT2D eigenvalue weighted by atomic mass is 9.70. The van der Waals surface area contributed by atoms with E-state index in [-0.39, 0.29) is 5.82 Å². The van der Waals surface area contributed by atoms with Gasteiger partial charge in [-0.15, -0.1) is 0 Å². The highest BCUT2D eigenvalue weighted by molar-refractivity contribution is 6.31. The van der Waals surface area contributed by atoms with Crippen LogP contribution in [0.1, 0.15) is 95.6 Å². The van der Waals surface area contributed by atoms with Crippen molar-refractivity contribution in [1.82, 2.24) is 0 Å². The SMILES string of the molecule is CCCCc1ccc(CCC2CCC(C3CCC(OCC)CC3)CC2)c(Cl)c1F. The van der Waals surface area contributed by atoms with Crippen LogP contribution in [0.5, 0.6) is 0 Å². The molecule has 0 heterocycles. The Hall–Kier alpha value is -0.600. The summed E-state index contributed by atoms with van der Waals surface area (Å²) >= 11 is 6.37. The van der Waals surface area contributed by atoms with Crippen LogP contribution in [0.25, 0.3) is 0 Å². The number of benzene rings is 1. The van der Waals surface area contributed by atoms with E-state index in [9.17, 15) is 4.39 Å². The zero-order valence-corrected chi connectivity index (χ0v) is 19.3. The van der Waals surface area contributed by atoms with Crippen molar-refractivity contribution >= 4 is 11.6 Å². The van der Waals surface area contributed by atoms with Crippen molar-refractivity contribution in [3.63, 3.8) is 0 Å². The van der Waals surface area contributed by atoms with Gasteiger partial charge >= 0.3 is 0 Å². The van der Waals surface area contributed by atoms with E-state index in [1.807, 2.05) is 6.07 Å². The smallest absolute Gasteiger partial charge is 0.145 e. The first-order valence-electron chi connectivity index (χ1n) is 12.2. The zero-order valence-electron chi connectivity index (χ0n) is 18.5. The number of unbranched alkanes of at least 4 members (excludes halogenated alkanes) is 1. The van der Waals surface area contributed by atoms with Crippen molar-refractivity contribution in [3.05, 3.63) is 34.1 Å². The van der Waals surface area contributed by atoms with Gasteiger partial charge in [-0.3, -0.25) is 0 Å². The summed E-state index contributed by atoms with van der Waals surface area (Å²) in [7, 11) is 0. The van der Waals surface area contributed by atoms with E-state index in [1.54, 1.807) is 0 Å². The molecule has 0 aromatic heterocycles. The van der Waals surface area contributed by atoms with E-state index in [1.165, 1.54) is 51.4 Å². The molecule has 2 fully saturated rings. The van der Waals surface area contributed by atoms with Gasteiger partial charge in [0.25, 0.3) is 0 Å². The highest BCUT2D eigenvalue weighted by Crippen LogP contribution is 2.41. The second kappa shape index (κ2) is 11.7. The summed E-state index contributed by atoms with van der Waals surface area (Å²) in [4.78, 5) is 0. The topological polar surface area (TPSA) is 9.23 Å². The van der Waals surface area contributed by atoms with Crippen LogP contribution in [-0.4, -0.2) is 12.7 Å². The summed E-state index contributed by atoms with van der Waals surface area (Å²) in [6, 6.07) is 4.03. The molecule has 0 aliphatic heterocycles. The Bertz CT molecular complexity index is 615. The summed E-state index contributed by atoms with van der Waals surface area (Å²) in [5.41, 5.74) is 1.78. The van der Waals surface area contributed by atoms with Crippen LogP contribution in [0, 0.1) is 23.6 Å². The van der Waals surface area contributed by atoms with E-state index in [0.29, 0.717) is 11.1 Å². The molecule has 164 valence electrons. The normalized spacial score (nSPS) is 27.9. The highest BCUT2D eigenvalue weighted by Gasteiger charge is 2.31. The van der Waals surface area contributed by atoms with E-state index >= 15 is 0 Å². The maximum atomic E-state index is 14.5. The van der Waals surface area contributed by atoms with Gasteiger partial charge in [-0.25, -0.2) is 4.39 Å². The van der Waals surface area contributed by atoms with E-state index in [4.69, 9.17) is 16.3 Å². The molecular formula is C26H40ClFO. The largest absolute Gasteiger partial charge is 0.379 e. The standard InChI is InChI=1S/C26H40ClFO/c1-3-5-6-23-14-13-22(25(27)26(23)28)12-9-19-7-10-20(11-8-19)21-15-17-24(18-16-21)29-4-2/h13-14,19-21,24H,3-12,15-18H2,1-2H3. The Kier molecular flexibility index (Phi) is 9.31. The quantitative estimate of drug-likeness (QED) is 0.390. The van der Waals surface area contributed by atoms with Gasteiger partial charge in [-0.05, 0) is 100 Å². The van der Waals surface area contributed by atoms with Crippen molar-refractivity contribution in [2.45, 2.75) is 103 Å². The predicted molar refractivity (Wildman–Crippen MR) is 121 cm³/mol. The van der Waals surface area contributed by atoms with Crippen LogP contribution in [0.2, 0.25) is 5.02 Å². The molecule has 1 nitrogen and oxygen atoms in total. The number of hydrogen-bond acceptors (Lipinski definition) is 1. The Morgan fingerprint density at radius 2 is 1.52 bits per heavy atom. The lowest BCUT2D eigenvalue weighted by Gasteiger charge is -2.37. The fourth-order valence-electron chi connectivity index (χ4n) is 5.65. The average Bonchev–Trinajstić information content (AvgIpc) is 2.75. The minimum absolute atomic E-state index is 0.177. The maximum Gasteiger partial charge on any atom is 0.145 e. The summed E-state index contributed by atoms with van der Waals surface area (Å²) in [6.07, 6.45) is 16.2. The minimum Gasteiger partial charge on any atom is -0.379 e. The number of hydrogen-bond donors (Lipinski definition) is 0. The molecule has 1 aromatic rings. The molecule has 0 unspecified atom stereocenters. The Morgan fingerprint density at radius 1 is 0.897 bits per heavy atom. The second-order valence-corrected chi connectivity index (χ2v) is 9.80. The van der Waals surface area contributed by atoms with Gasteiger partial charge in [-0.2, -0.15) is 0 Å². The second-order valence-electron chi connectivity index (χ2n) is 9.43. The van der Waals surface area contributed by atoms with E-state index in [0.717, 1.165) is 67.6 Å². The lowest BCUT2D eigenvalue weighted by molar-refractivity contribution is 0.0135. The van der Waals surface area contributed by atoms with Crippen LogP contribution >= 0.6 is 11.6 Å². The number of rotatable bonds is 9. The molecule has 3 heteroatoms. The predicted octanol–water partition coefficient (Wildman–Crippen LogP) is 8.16. The molecule has 29 heavy (non-hydrogen) atoms. The number of ether oxygens (including phenoxy) is 1. The van der Waals surface area contributed by atoms with Gasteiger partial charge in [0.15, 0.2) is 0 Å². The molecule has 0 saturated heterocycles. The molecule has 0 radical (unpaired) electrons. The molecule has 2 aliphatic carbocycles. The first-order valence-corrected chi connectivity index (χ1v) is 12.6. The third-order valence-corrected chi connectivity index (χ3v) is 7.95. The highest BCUT2D eigenvalue weighted by atomic mass is 35.5. The van der Waals surface area contributed by atoms with Gasteiger partial charge in [0.1, 0.15) is 5.82 Å². The van der Waals surface area contributed by atoms with Crippen LogP contribution in [0.3, 0.4) is 0 Å². The fraction of sp³-hybridized carbons (Fsp3) is 0.769. The van der Waals surface area contributed by atoms with Gasteiger partial charge in [-0.1, -0.05) is 49.9 Å². The molecule has 2 aliphatic rings. The third-order valence-electron chi connectivity index (χ3n) is 7.54. The Labute approximate surface area is 182 Å². The van der Waals surface area contributed by atoms with Gasteiger partial charge in [0, 0.05) is 6.61 Å². The summed E-state index contributed by atoms with van der Waals surface area (Å²) in [5.74, 6) is 2.45. The van der Waals surface area contributed by atoms with Crippen molar-refractivity contribution in [3.8, 4) is 0 Å². The van der Waals surface area contributed by atoms with Crippen molar-refractivity contribution in [2.75, 3.05) is 6.61 Å². The van der Waals surface area contributed by atoms with E-state index < -0.39 is 0 Å². The first kappa shape index (κ1) is 23.1. The zero-order chi connectivity index (χ0) is 20.6. The van der Waals surface area contributed by atoms with Crippen molar-refractivity contribution < 1.29 is 9.13 Å². The summed E-state index contributed by atoms with van der Waals surface area (Å²) in [6.45, 7) is 5.10. The molecule has 0 N–H and O–H groups in total. The third kappa shape index (κ3) is 6.44. The van der Waals surface area contributed by atoms with E-state index in [2.05, 4.69) is 19.9 Å². The van der Waals surface area contributed by atoms with Crippen molar-refractivity contribution in [1.29, 1.82) is 0 Å².